The fourth-order valence-corrected chi connectivity index (χ4v) is 3.31. The van der Waals surface area contributed by atoms with E-state index in [1.165, 1.54) is 0 Å². The Morgan fingerprint density at radius 1 is 1.06 bits per heavy atom. The van der Waals surface area contributed by atoms with Crippen molar-refractivity contribution in [3.63, 3.8) is 0 Å². The van der Waals surface area contributed by atoms with Gasteiger partial charge in [-0.1, -0.05) is 30.3 Å². The number of pyridine rings is 1. The van der Waals surface area contributed by atoms with E-state index in [-0.39, 0.29) is 6.61 Å². The lowest BCUT2D eigenvalue weighted by Gasteiger charge is -2.24. The van der Waals surface area contributed by atoms with E-state index in [0.29, 0.717) is 17.2 Å². The number of ether oxygens (including phenoxy) is 2. The molecule has 0 radical (unpaired) electrons. The second-order valence-electron chi connectivity index (χ2n) is 7.05. The van der Waals surface area contributed by atoms with E-state index in [0.717, 1.165) is 16.8 Å². The first-order chi connectivity index (χ1) is 15.8. The Labute approximate surface area is 184 Å². The number of carbonyl (C=O) groups is 1. The number of fused-ring (bicyclic) bond motifs is 1. The van der Waals surface area contributed by atoms with Crippen LogP contribution in [-0.4, -0.2) is 39.6 Å². The van der Waals surface area contributed by atoms with E-state index < -0.39 is 12.0 Å². The molecule has 2 aromatic heterocycles. The van der Waals surface area contributed by atoms with Gasteiger partial charge in [-0.05, 0) is 36.4 Å². The zero-order chi connectivity index (χ0) is 21.8. The lowest BCUT2D eigenvalue weighted by Crippen LogP contribution is -2.42. The fourth-order valence-electron chi connectivity index (χ4n) is 3.31. The van der Waals surface area contributed by atoms with Gasteiger partial charge < -0.3 is 9.47 Å². The zero-order valence-electron chi connectivity index (χ0n) is 17.0. The third kappa shape index (κ3) is 4.06. The van der Waals surface area contributed by atoms with E-state index in [4.69, 9.17) is 14.6 Å². The van der Waals surface area contributed by atoms with Crippen LogP contribution in [0.25, 0.3) is 16.9 Å². The Kier molecular flexibility index (Phi) is 5.32. The fraction of sp³-hybridized carbons (Fsp3) is 0.0833. The number of hydrazone groups is 1. The van der Waals surface area contributed by atoms with Crippen LogP contribution in [0.3, 0.4) is 0 Å². The number of nitrogens with zero attached hydrogens (tertiary/aromatic N) is 4. The number of rotatable bonds is 5. The minimum Gasteiger partial charge on any atom is -0.485 e. The summed E-state index contributed by atoms with van der Waals surface area (Å²) >= 11 is 0. The zero-order valence-corrected chi connectivity index (χ0v) is 17.0. The molecule has 1 aliphatic heterocycles. The summed E-state index contributed by atoms with van der Waals surface area (Å²) < 4.78 is 13.1. The summed E-state index contributed by atoms with van der Waals surface area (Å²) in [4.78, 5) is 16.7. The van der Waals surface area contributed by atoms with Crippen LogP contribution in [0, 0.1) is 0 Å². The number of carbonyl (C=O) groups excluding carboxylic acids is 1. The van der Waals surface area contributed by atoms with Gasteiger partial charge >= 0.3 is 0 Å². The van der Waals surface area contributed by atoms with Gasteiger partial charge in [0.15, 0.2) is 11.5 Å². The molecular formula is C24H19N5O3. The minimum atomic E-state index is -0.785. The Morgan fingerprint density at radius 2 is 1.88 bits per heavy atom. The van der Waals surface area contributed by atoms with E-state index in [9.17, 15) is 4.79 Å². The van der Waals surface area contributed by atoms with Crippen molar-refractivity contribution in [2.24, 2.45) is 5.10 Å². The molecule has 2 aromatic carbocycles. The van der Waals surface area contributed by atoms with E-state index in [1.54, 1.807) is 35.4 Å². The topological polar surface area (TPSA) is 90.6 Å². The molecule has 1 aliphatic rings. The van der Waals surface area contributed by atoms with Crippen LogP contribution >= 0.6 is 0 Å². The number of aromatic nitrogens is 3. The smallest absolute Gasteiger partial charge is 0.284 e. The molecule has 5 rings (SSSR count). The molecule has 0 fully saturated rings. The van der Waals surface area contributed by atoms with Crippen molar-refractivity contribution in [1.29, 1.82) is 0 Å². The van der Waals surface area contributed by atoms with Gasteiger partial charge in [-0.15, -0.1) is 0 Å². The number of para-hydroxylation sites is 3. The van der Waals surface area contributed by atoms with Crippen molar-refractivity contribution in [1.82, 2.24) is 20.2 Å². The number of hydrogen-bond donors (Lipinski definition) is 1. The quantitative estimate of drug-likeness (QED) is 0.392. The van der Waals surface area contributed by atoms with E-state index in [2.05, 4.69) is 15.5 Å². The molecule has 1 amide bonds. The molecule has 0 saturated carbocycles. The molecule has 8 heteroatoms. The largest absolute Gasteiger partial charge is 0.485 e. The summed E-state index contributed by atoms with van der Waals surface area (Å²) in [5.74, 6) is 0.759. The summed E-state index contributed by atoms with van der Waals surface area (Å²) in [6.45, 7) is 0.116. The normalized spacial score (nSPS) is 14.9. The SMILES string of the molecule is O=C(NN=Cc1cn(-c2ccccc2)nc1-c1cccnc1)C1COc2ccccc2O1. The van der Waals surface area contributed by atoms with Gasteiger partial charge in [-0.25, -0.2) is 10.1 Å². The molecule has 158 valence electrons. The molecule has 32 heavy (non-hydrogen) atoms. The highest BCUT2D eigenvalue weighted by molar-refractivity contribution is 5.90. The monoisotopic (exact) mass is 425 g/mol. The van der Waals surface area contributed by atoms with Crippen LogP contribution in [0.15, 0.2) is 90.4 Å². The predicted molar refractivity (Wildman–Crippen MR) is 119 cm³/mol. The van der Waals surface area contributed by atoms with Gasteiger partial charge in [0.25, 0.3) is 5.91 Å². The molecule has 1 unspecified atom stereocenters. The van der Waals surface area contributed by atoms with Crippen LogP contribution in [-0.2, 0) is 4.79 Å². The summed E-state index contributed by atoms with van der Waals surface area (Å²) in [5.41, 5.74) is 5.72. The highest BCUT2D eigenvalue weighted by Crippen LogP contribution is 2.30. The highest BCUT2D eigenvalue weighted by Gasteiger charge is 2.27. The van der Waals surface area contributed by atoms with E-state index >= 15 is 0 Å². The standard InChI is InChI=1S/C24H19N5O3/c30-24(22-16-31-20-10-4-5-11-21(20)32-22)27-26-14-18-15-29(19-8-2-1-3-9-19)28-23(18)17-7-6-12-25-13-17/h1-15,22H,16H2,(H,27,30). The van der Waals surface area contributed by atoms with Gasteiger partial charge in [0, 0.05) is 29.7 Å². The summed E-state index contributed by atoms with van der Waals surface area (Å²) in [7, 11) is 0. The second-order valence-corrected chi connectivity index (χ2v) is 7.05. The molecular weight excluding hydrogens is 406 g/mol. The number of amides is 1. The van der Waals surface area contributed by atoms with Crippen molar-refractivity contribution in [2.75, 3.05) is 6.61 Å². The third-order valence-corrected chi connectivity index (χ3v) is 4.88. The maximum absolute atomic E-state index is 12.5. The third-order valence-electron chi connectivity index (χ3n) is 4.88. The minimum absolute atomic E-state index is 0.116. The summed E-state index contributed by atoms with van der Waals surface area (Å²) in [6, 6.07) is 20.8. The molecule has 4 aromatic rings. The lowest BCUT2D eigenvalue weighted by atomic mass is 10.1. The molecule has 1 N–H and O–H groups in total. The Hall–Kier alpha value is -4.46. The molecule has 1 atom stereocenters. The predicted octanol–water partition coefficient (Wildman–Crippen LogP) is 3.22. The Morgan fingerprint density at radius 3 is 2.69 bits per heavy atom. The molecule has 0 saturated heterocycles. The van der Waals surface area contributed by atoms with Crippen molar-refractivity contribution >= 4 is 12.1 Å². The van der Waals surface area contributed by atoms with Crippen molar-refractivity contribution in [3.8, 4) is 28.4 Å². The molecule has 0 aliphatic carbocycles. The maximum atomic E-state index is 12.5. The van der Waals surface area contributed by atoms with Crippen molar-refractivity contribution in [3.05, 3.63) is 90.9 Å². The van der Waals surface area contributed by atoms with Gasteiger partial charge in [0.2, 0.25) is 6.10 Å². The molecule has 0 bridgehead atoms. The first-order valence-electron chi connectivity index (χ1n) is 10.0. The molecule has 0 spiro atoms. The Balaban J connectivity index is 1.35. The van der Waals surface area contributed by atoms with Gasteiger partial charge in [-0.3, -0.25) is 9.78 Å². The Bertz CT molecular complexity index is 1260. The van der Waals surface area contributed by atoms with Crippen LogP contribution < -0.4 is 14.9 Å². The van der Waals surface area contributed by atoms with Crippen LogP contribution in [0.2, 0.25) is 0 Å². The lowest BCUT2D eigenvalue weighted by molar-refractivity contribution is -0.130. The highest BCUT2D eigenvalue weighted by atomic mass is 16.6. The van der Waals surface area contributed by atoms with Gasteiger partial charge in [0.05, 0.1) is 11.9 Å². The van der Waals surface area contributed by atoms with E-state index in [1.807, 2.05) is 60.8 Å². The number of benzene rings is 2. The van der Waals surface area contributed by atoms with Crippen LogP contribution in [0.4, 0.5) is 0 Å². The average Bonchev–Trinajstić information content (AvgIpc) is 3.29. The average molecular weight is 425 g/mol. The molecule has 3 heterocycles. The van der Waals surface area contributed by atoms with Crippen LogP contribution in [0.1, 0.15) is 5.56 Å². The van der Waals surface area contributed by atoms with Gasteiger partial charge in [-0.2, -0.15) is 10.2 Å². The first kappa shape index (κ1) is 19.5. The van der Waals surface area contributed by atoms with Crippen LogP contribution in [0.5, 0.6) is 11.5 Å². The summed E-state index contributed by atoms with van der Waals surface area (Å²) in [5, 5.41) is 8.82. The second kappa shape index (κ2) is 8.73. The van der Waals surface area contributed by atoms with Crippen molar-refractivity contribution < 1.29 is 14.3 Å². The first-order valence-corrected chi connectivity index (χ1v) is 10.0. The molecule has 8 nitrogen and oxygen atoms in total. The van der Waals surface area contributed by atoms with Crippen molar-refractivity contribution in [2.45, 2.75) is 6.10 Å². The number of nitrogens with one attached hydrogen (secondary N) is 1. The number of hydrogen-bond acceptors (Lipinski definition) is 6. The van der Waals surface area contributed by atoms with Gasteiger partial charge in [0.1, 0.15) is 12.3 Å². The summed E-state index contributed by atoms with van der Waals surface area (Å²) in [6.07, 6.45) is 6.06. The maximum Gasteiger partial charge on any atom is 0.284 e.